The number of para-hydroxylation sites is 3. The third-order valence-electron chi connectivity index (χ3n) is 9.40. The van der Waals surface area contributed by atoms with Gasteiger partial charge in [-0.25, -0.2) is 0 Å². The topological polar surface area (TPSA) is 99.2 Å². The second kappa shape index (κ2) is 23.8. The van der Waals surface area contributed by atoms with Gasteiger partial charge in [-0.2, -0.15) is 0 Å². The smallest absolute Gasteiger partial charge is 0.758 e. The minimum atomic E-state index is -1.77. The van der Waals surface area contributed by atoms with Gasteiger partial charge in [0.25, 0.3) is 0 Å². The molecule has 3 aromatic rings. The van der Waals surface area contributed by atoms with E-state index in [1.54, 1.807) is 0 Å². The van der Waals surface area contributed by atoms with Gasteiger partial charge in [-0.15, -0.1) is 0 Å². The second-order valence-corrected chi connectivity index (χ2v) is 21.2. The van der Waals surface area contributed by atoms with E-state index in [0.717, 1.165) is 69.6 Å². The number of hydrogen-bond acceptors (Lipinski definition) is 8. The van der Waals surface area contributed by atoms with Crippen LogP contribution in [0.3, 0.4) is 0 Å². The summed E-state index contributed by atoms with van der Waals surface area (Å²) in [5, 5.41) is 43.1. The Hall–Kier alpha value is -1.52. The summed E-state index contributed by atoms with van der Waals surface area (Å²) in [4.78, 5) is 2.19. The van der Waals surface area contributed by atoms with E-state index in [2.05, 4.69) is 25.7 Å². The van der Waals surface area contributed by atoms with E-state index in [0.29, 0.717) is 36.7 Å². The summed E-state index contributed by atoms with van der Waals surface area (Å²) >= 11 is 0. The molecule has 0 amide bonds. The van der Waals surface area contributed by atoms with Crippen LogP contribution in [0.2, 0.25) is 0 Å². The van der Waals surface area contributed by atoms with Gasteiger partial charge in [0.1, 0.15) is 0 Å². The van der Waals surface area contributed by atoms with Crippen molar-refractivity contribution in [3.8, 4) is 0 Å². The van der Waals surface area contributed by atoms with Crippen molar-refractivity contribution in [2.24, 2.45) is 0 Å². The van der Waals surface area contributed by atoms with Crippen molar-refractivity contribution >= 4 is 24.2 Å². The Morgan fingerprint density at radius 1 is 0.473 bits per heavy atom. The summed E-state index contributed by atoms with van der Waals surface area (Å²) in [6.45, 7) is 25.0. The number of hydroxylamine groups is 3. The first-order chi connectivity index (χ1) is 25.2. The van der Waals surface area contributed by atoms with Crippen molar-refractivity contribution in [1.82, 2.24) is 4.90 Å². The SMILES string of the molecule is CC(C)(C)N([O-])c1ccccc1CN(Cc1ccccc1N([O-])C(C)(C)C)Cc1ccccc1N([O-])C(C)(C)C.CCCCP(=O)(CCCC)CCCC.[Nd+3]. The molecule has 0 saturated heterocycles. The average molecular weight is 908 g/mol. The molecule has 0 bridgehead atoms. The third kappa shape index (κ3) is 17.1. The number of rotatable bonds is 18. The van der Waals surface area contributed by atoms with Crippen molar-refractivity contribution in [1.29, 1.82) is 0 Å². The van der Waals surface area contributed by atoms with Gasteiger partial charge in [-0.1, -0.05) is 94.6 Å². The Balaban J connectivity index is 0.000000857. The van der Waals surface area contributed by atoms with E-state index in [9.17, 15) is 20.2 Å². The van der Waals surface area contributed by atoms with Crippen molar-refractivity contribution < 1.29 is 45.4 Å². The number of unbranched alkanes of at least 4 members (excludes halogenated alkanes) is 3. The molecule has 0 N–H and O–H groups in total. The molecule has 3 aromatic carbocycles. The monoisotopic (exact) mass is 905 g/mol. The predicted molar refractivity (Wildman–Crippen MR) is 236 cm³/mol. The van der Waals surface area contributed by atoms with Crippen LogP contribution >= 0.6 is 7.14 Å². The minimum absolute atomic E-state index is 0. The molecule has 1 radical (unpaired) electrons. The van der Waals surface area contributed by atoms with Crippen LogP contribution in [-0.4, -0.2) is 40.0 Å². The van der Waals surface area contributed by atoms with Crippen LogP contribution in [0.1, 0.15) is 138 Å². The van der Waals surface area contributed by atoms with Gasteiger partial charge in [0.05, 0.1) is 7.14 Å². The van der Waals surface area contributed by atoms with Crippen LogP contribution < -0.4 is 15.2 Å². The number of benzene rings is 3. The van der Waals surface area contributed by atoms with E-state index < -0.39 is 23.8 Å². The minimum Gasteiger partial charge on any atom is -0.758 e. The maximum atomic E-state index is 13.3. The Bertz CT molecular complexity index is 1400. The molecule has 0 aromatic heterocycles. The first kappa shape index (κ1) is 51.5. The zero-order valence-electron chi connectivity index (χ0n) is 36.3. The van der Waals surface area contributed by atoms with Gasteiger partial charge >= 0.3 is 40.8 Å². The molecule has 0 aliphatic carbocycles. The van der Waals surface area contributed by atoms with Gasteiger partial charge in [0, 0.05) is 71.8 Å². The summed E-state index contributed by atoms with van der Waals surface area (Å²) in [7, 11) is -1.77. The second-order valence-electron chi connectivity index (χ2n) is 17.7. The van der Waals surface area contributed by atoms with Crippen LogP contribution in [0.4, 0.5) is 17.1 Å². The molecule has 0 spiro atoms. The van der Waals surface area contributed by atoms with Gasteiger partial charge in [0.2, 0.25) is 0 Å². The standard InChI is InChI=1S/C33H45N4O3.C12H27OP.Nd/c1-31(2,3)35(38)28-19-13-10-16-25(28)22-34(23-26-17-11-14-20-29(26)36(39)32(4,5)6)24-27-18-12-15-21-30(27)37(40)33(7,8)9;1-4-7-10-14(13,11-8-5-2)12-9-6-3;/h10-21H,22-24H2,1-9H3;4-12H2,1-3H3;/q-3;;+3. The Kier molecular flexibility index (Phi) is 22.3. The van der Waals surface area contributed by atoms with E-state index >= 15 is 0 Å². The summed E-state index contributed by atoms with van der Waals surface area (Å²) in [5.41, 5.74) is 2.67. The van der Waals surface area contributed by atoms with Gasteiger partial charge in [0.15, 0.2) is 0 Å². The van der Waals surface area contributed by atoms with Crippen molar-refractivity contribution in [2.75, 3.05) is 33.7 Å². The normalized spacial score (nSPS) is 12.1. The number of anilines is 3. The first-order valence-corrected chi connectivity index (χ1v) is 22.4. The third-order valence-corrected chi connectivity index (χ3v) is 12.8. The maximum absolute atomic E-state index is 13.3. The van der Waals surface area contributed by atoms with Crippen LogP contribution in [0.5, 0.6) is 0 Å². The summed E-state index contributed by atoms with van der Waals surface area (Å²) in [6, 6.07) is 22.9. The summed E-state index contributed by atoms with van der Waals surface area (Å²) in [6.07, 6.45) is 10.0. The van der Waals surface area contributed by atoms with Crippen molar-refractivity contribution in [3.63, 3.8) is 0 Å². The fourth-order valence-corrected chi connectivity index (χ4v) is 9.53. The molecule has 10 heteroatoms. The van der Waals surface area contributed by atoms with Crippen LogP contribution in [0.15, 0.2) is 72.8 Å². The number of nitrogens with zero attached hydrogens (tertiary/aromatic N) is 4. The molecular weight excluding hydrogens is 836 g/mol. The maximum Gasteiger partial charge on any atom is 3.00 e. The summed E-state index contributed by atoms with van der Waals surface area (Å²) < 4.78 is 12.5. The number of hydrogen-bond donors (Lipinski definition) is 0. The van der Waals surface area contributed by atoms with Crippen LogP contribution in [-0.2, 0) is 24.2 Å². The first-order valence-electron chi connectivity index (χ1n) is 20.1. The quantitative estimate of drug-likeness (QED) is 0.0919. The molecule has 0 heterocycles. The molecule has 8 nitrogen and oxygen atoms in total. The molecule has 0 saturated carbocycles. The Morgan fingerprint density at radius 3 is 0.927 bits per heavy atom. The zero-order valence-corrected chi connectivity index (χ0v) is 40.4. The van der Waals surface area contributed by atoms with Crippen LogP contribution in [0.25, 0.3) is 0 Å². The molecule has 0 unspecified atom stereocenters. The van der Waals surface area contributed by atoms with Gasteiger partial charge < -0.3 is 35.4 Å². The zero-order chi connectivity index (χ0) is 40.7. The van der Waals surface area contributed by atoms with Gasteiger partial charge in [-0.3, -0.25) is 4.90 Å². The fraction of sp³-hybridized carbons (Fsp3) is 0.600. The molecule has 0 aliphatic rings. The Labute approximate surface area is 368 Å². The molecule has 305 valence electrons. The molecule has 0 aliphatic heterocycles. The Morgan fingerprint density at radius 2 is 0.709 bits per heavy atom. The predicted octanol–water partition coefficient (Wildman–Crippen LogP) is 12.9. The van der Waals surface area contributed by atoms with Crippen molar-refractivity contribution in [2.45, 2.75) is 158 Å². The van der Waals surface area contributed by atoms with E-state index in [4.69, 9.17) is 0 Å². The van der Waals surface area contributed by atoms with E-state index in [1.165, 1.54) is 19.3 Å². The molecular formula is C45H72N4NdO4P. The van der Waals surface area contributed by atoms with Gasteiger partial charge in [-0.05, 0) is 116 Å². The largest absolute Gasteiger partial charge is 3.00 e. The van der Waals surface area contributed by atoms with E-state index in [-0.39, 0.29) is 40.8 Å². The summed E-state index contributed by atoms with van der Waals surface area (Å²) in [5.74, 6) is 0. The molecule has 55 heavy (non-hydrogen) atoms. The molecule has 0 atom stereocenters. The molecule has 3 rings (SSSR count). The van der Waals surface area contributed by atoms with E-state index in [1.807, 2.05) is 135 Å². The molecule has 0 fully saturated rings. The fourth-order valence-electron chi connectivity index (χ4n) is 6.18. The van der Waals surface area contributed by atoms with Crippen LogP contribution in [0, 0.1) is 56.5 Å². The average Bonchev–Trinajstić information content (AvgIpc) is 3.11. The van der Waals surface area contributed by atoms with Crippen molar-refractivity contribution in [3.05, 3.63) is 105 Å².